The van der Waals surface area contributed by atoms with Crippen LogP contribution in [0.25, 0.3) is 0 Å². The highest BCUT2D eigenvalue weighted by Gasteiger charge is 2.09. The lowest BCUT2D eigenvalue weighted by Crippen LogP contribution is -2.24. The summed E-state index contributed by atoms with van der Waals surface area (Å²) in [6, 6.07) is 0. The lowest BCUT2D eigenvalue weighted by molar-refractivity contribution is -0.121. The Labute approximate surface area is 157 Å². The van der Waals surface area contributed by atoms with Gasteiger partial charge in [-0.3, -0.25) is 4.79 Å². The number of hydrogen-bond acceptors (Lipinski definition) is 1. The average molecular weight is 352 g/mol. The number of amides is 1. The van der Waals surface area contributed by atoms with Crippen molar-refractivity contribution < 1.29 is 4.79 Å². The Balaban J connectivity index is 2.04. The van der Waals surface area contributed by atoms with Gasteiger partial charge in [0.05, 0.1) is 0 Å². The molecule has 1 fully saturated rings. The molecule has 0 saturated heterocycles. The van der Waals surface area contributed by atoms with Crippen LogP contribution in [0.2, 0.25) is 0 Å². The number of nitrogens with one attached hydrogen (secondary N) is 1. The van der Waals surface area contributed by atoms with E-state index in [0.717, 1.165) is 31.7 Å². The highest BCUT2D eigenvalue weighted by molar-refractivity contribution is 5.75. The molecule has 2 nitrogen and oxygen atoms in total. The van der Waals surface area contributed by atoms with Crippen LogP contribution in [-0.4, -0.2) is 12.5 Å². The van der Waals surface area contributed by atoms with Gasteiger partial charge in [0.1, 0.15) is 0 Å². The van der Waals surface area contributed by atoms with E-state index in [1.165, 1.54) is 103 Å². The Morgan fingerprint density at radius 1 is 0.760 bits per heavy atom. The molecular weight excluding hydrogens is 306 g/mol. The highest BCUT2D eigenvalue weighted by Crippen LogP contribution is 2.24. The summed E-state index contributed by atoms with van der Waals surface area (Å²) in [6.07, 6.45) is 25.3. The van der Waals surface area contributed by atoms with Crippen LogP contribution in [-0.2, 0) is 4.79 Å². The van der Waals surface area contributed by atoms with Crippen molar-refractivity contribution in [2.24, 2.45) is 5.92 Å². The van der Waals surface area contributed by atoms with Gasteiger partial charge in [0, 0.05) is 13.0 Å². The zero-order valence-corrected chi connectivity index (χ0v) is 17.1. The molecule has 1 N–H and O–H groups in total. The van der Waals surface area contributed by atoms with Gasteiger partial charge in [-0.05, 0) is 18.8 Å². The fourth-order valence-corrected chi connectivity index (χ4v) is 4.12. The molecule has 1 aliphatic rings. The van der Waals surface area contributed by atoms with Gasteiger partial charge < -0.3 is 5.32 Å². The third kappa shape index (κ3) is 14.3. The molecule has 1 amide bonds. The summed E-state index contributed by atoms with van der Waals surface area (Å²) in [5, 5.41) is 3.11. The van der Waals surface area contributed by atoms with Crippen molar-refractivity contribution in [1.82, 2.24) is 5.32 Å². The SMILES string of the molecule is CCCCCCC(=O)NCCCCC1CCCCCCCCCCC1. The zero-order valence-electron chi connectivity index (χ0n) is 17.1. The molecule has 1 aliphatic carbocycles. The summed E-state index contributed by atoms with van der Waals surface area (Å²) in [5.41, 5.74) is 0. The normalized spacial score (nSPS) is 18.3. The fraction of sp³-hybridized carbons (Fsp3) is 0.957. The van der Waals surface area contributed by atoms with Crippen LogP contribution in [0.3, 0.4) is 0 Å². The van der Waals surface area contributed by atoms with E-state index < -0.39 is 0 Å². The number of hydrogen-bond donors (Lipinski definition) is 1. The summed E-state index contributed by atoms with van der Waals surface area (Å²) in [6.45, 7) is 3.10. The van der Waals surface area contributed by atoms with E-state index in [2.05, 4.69) is 12.2 Å². The molecule has 1 saturated carbocycles. The van der Waals surface area contributed by atoms with Gasteiger partial charge in [-0.15, -0.1) is 0 Å². The molecule has 2 heteroatoms. The third-order valence-corrected chi connectivity index (χ3v) is 5.84. The largest absolute Gasteiger partial charge is 0.356 e. The Bertz CT molecular complexity index is 290. The molecule has 0 bridgehead atoms. The lowest BCUT2D eigenvalue weighted by atomic mass is 9.89. The van der Waals surface area contributed by atoms with Gasteiger partial charge in [-0.2, -0.15) is 0 Å². The highest BCUT2D eigenvalue weighted by atomic mass is 16.1. The van der Waals surface area contributed by atoms with E-state index >= 15 is 0 Å². The van der Waals surface area contributed by atoms with Crippen molar-refractivity contribution in [2.75, 3.05) is 6.54 Å². The predicted octanol–water partition coefficient (Wildman–Crippen LogP) is 7.16. The van der Waals surface area contributed by atoms with Crippen LogP contribution in [0.1, 0.15) is 129 Å². The molecule has 0 radical (unpaired) electrons. The summed E-state index contributed by atoms with van der Waals surface area (Å²) in [7, 11) is 0. The van der Waals surface area contributed by atoms with Gasteiger partial charge in [-0.25, -0.2) is 0 Å². The molecular formula is C23H45NO. The van der Waals surface area contributed by atoms with E-state index in [-0.39, 0.29) is 5.91 Å². The molecule has 25 heavy (non-hydrogen) atoms. The first-order chi connectivity index (χ1) is 12.3. The van der Waals surface area contributed by atoms with Crippen molar-refractivity contribution in [3.63, 3.8) is 0 Å². The van der Waals surface area contributed by atoms with E-state index in [1.54, 1.807) is 0 Å². The van der Waals surface area contributed by atoms with E-state index in [9.17, 15) is 4.79 Å². The first kappa shape index (κ1) is 22.5. The van der Waals surface area contributed by atoms with Gasteiger partial charge >= 0.3 is 0 Å². The quantitative estimate of drug-likeness (QED) is 0.415. The summed E-state index contributed by atoms with van der Waals surface area (Å²) >= 11 is 0. The molecule has 0 heterocycles. The maximum Gasteiger partial charge on any atom is 0.219 e. The maximum atomic E-state index is 11.8. The molecule has 148 valence electrons. The average Bonchev–Trinajstić information content (AvgIpc) is 2.60. The van der Waals surface area contributed by atoms with E-state index in [4.69, 9.17) is 0 Å². The van der Waals surface area contributed by atoms with Crippen molar-refractivity contribution in [3.8, 4) is 0 Å². The van der Waals surface area contributed by atoms with Crippen LogP contribution < -0.4 is 5.32 Å². The molecule has 0 atom stereocenters. The lowest BCUT2D eigenvalue weighted by Gasteiger charge is -2.18. The van der Waals surface area contributed by atoms with Gasteiger partial charge in [-0.1, -0.05) is 110 Å². The molecule has 0 aromatic carbocycles. The van der Waals surface area contributed by atoms with Crippen LogP contribution >= 0.6 is 0 Å². The van der Waals surface area contributed by atoms with Crippen molar-refractivity contribution >= 4 is 5.91 Å². The van der Waals surface area contributed by atoms with Crippen LogP contribution in [0.5, 0.6) is 0 Å². The topological polar surface area (TPSA) is 29.1 Å². The van der Waals surface area contributed by atoms with Crippen LogP contribution in [0.4, 0.5) is 0 Å². The smallest absolute Gasteiger partial charge is 0.219 e. The standard InChI is InChI=1S/C23H45NO/c1-2-3-4-14-20-23(25)24-21-16-15-19-22-17-12-10-8-6-5-7-9-11-13-18-22/h22H,2-21H2,1H3,(H,24,25). The third-order valence-electron chi connectivity index (χ3n) is 5.84. The number of unbranched alkanes of at least 4 members (excludes halogenated alkanes) is 4. The van der Waals surface area contributed by atoms with Crippen molar-refractivity contribution in [1.29, 1.82) is 0 Å². The summed E-state index contributed by atoms with van der Waals surface area (Å²) in [4.78, 5) is 11.8. The molecule has 0 aromatic rings. The van der Waals surface area contributed by atoms with Crippen molar-refractivity contribution in [2.45, 2.75) is 129 Å². The first-order valence-electron chi connectivity index (χ1n) is 11.6. The minimum Gasteiger partial charge on any atom is -0.356 e. The second-order valence-corrected chi connectivity index (χ2v) is 8.28. The molecule has 0 aliphatic heterocycles. The predicted molar refractivity (Wildman–Crippen MR) is 110 cm³/mol. The molecule has 1 rings (SSSR count). The summed E-state index contributed by atoms with van der Waals surface area (Å²) < 4.78 is 0. The van der Waals surface area contributed by atoms with Gasteiger partial charge in [0.2, 0.25) is 5.91 Å². The van der Waals surface area contributed by atoms with Crippen LogP contribution in [0.15, 0.2) is 0 Å². The monoisotopic (exact) mass is 351 g/mol. The van der Waals surface area contributed by atoms with E-state index in [1.807, 2.05) is 0 Å². The first-order valence-corrected chi connectivity index (χ1v) is 11.6. The number of rotatable bonds is 10. The van der Waals surface area contributed by atoms with E-state index in [0.29, 0.717) is 0 Å². The molecule has 0 aromatic heterocycles. The Kier molecular flexibility index (Phi) is 15.2. The Morgan fingerprint density at radius 3 is 1.96 bits per heavy atom. The second-order valence-electron chi connectivity index (χ2n) is 8.28. The minimum atomic E-state index is 0.266. The Hall–Kier alpha value is -0.530. The molecule has 0 spiro atoms. The zero-order chi connectivity index (χ0) is 18.0. The second kappa shape index (κ2) is 16.9. The van der Waals surface area contributed by atoms with Gasteiger partial charge in [0.15, 0.2) is 0 Å². The Morgan fingerprint density at radius 2 is 1.36 bits per heavy atom. The number of carbonyl (C=O) groups is 1. The summed E-state index contributed by atoms with van der Waals surface area (Å²) in [5.74, 6) is 1.21. The maximum absolute atomic E-state index is 11.8. The molecule has 0 unspecified atom stereocenters. The van der Waals surface area contributed by atoms with Gasteiger partial charge in [0.25, 0.3) is 0 Å². The van der Waals surface area contributed by atoms with Crippen LogP contribution in [0, 0.1) is 5.92 Å². The minimum absolute atomic E-state index is 0.266. The number of carbonyl (C=O) groups excluding carboxylic acids is 1. The van der Waals surface area contributed by atoms with Crippen molar-refractivity contribution in [3.05, 3.63) is 0 Å². The fourth-order valence-electron chi connectivity index (χ4n) is 4.12.